The van der Waals surface area contributed by atoms with E-state index in [0.29, 0.717) is 10.6 Å². The summed E-state index contributed by atoms with van der Waals surface area (Å²) in [6.07, 6.45) is 2.82. The number of carbonyl (C=O) groups excluding carboxylic acids is 1. The Balaban J connectivity index is 1.67. The van der Waals surface area contributed by atoms with Crippen LogP contribution in [0.1, 0.15) is 15.9 Å². The zero-order valence-electron chi connectivity index (χ0n) is 14.6. The Morgan fingerprint density at radius 1 is 1.21 bits per heavy atom. The Labute approximate surface area is 164 Å². The van der Waals surface area contributed by atoms with Gasteiger partial charge >= 0.3 is 0 Å². The number of aromatic nitrogens is 3. The van der Waals surface area contributed by atoms with E-state index in [0.717, 1.165) is 12.1 Å². The highest BCUT2D eigenvalue weighted by molar-refractivity contribution is 6.30. The number of benzene rings is 2. The summed E-state index contributed by atoms with van der Waals surface area (Å²) in [7, 11) is 0. The van der Waals surface area contributed by atoms with Crippen molar-refractivity contribution in [1.82, 2.24) is 19.7 Å². The molecule has 1 atom stereocenters. The maximum Gasteiger partial charge on any atom is 0.255 e. The number of nitrogens with zero attached hydrogens (tertiary/aromatic N) is 4. The number of amides is 1. The van der Waals surface area contributed by atoms with Crippen molar-refractivity contribution >= 4 is 17.5 Å². The maximum atomic E-state index is 14.6. The molecule has 0 spiro atoms. The van der Waals surface area contributed by atoms with Crippen LogP contribution < -0.4 is 0 Å². The Morgan fingerprint density at radius 2 is 2.00 bits per heavy atom. The van der Waals surface area contributed by atoms with Gasteiger partial charge in [-0.2, -0.15) is 5.10 Å². The molecule has 3 aromatic rings. The van der Waals surface area contributed by atoms with Crippen LogP contribution in [-0.2, 0) is 16.9 Å². The maximum absolute atomic E-state index is 14.6. The lowest BCUT2D eigenvalue weighted by molar-refractivity contribution is -0.0162. The second-order valence-electron chi connectivity index (χ2n) is 6.49. The molecule has 1 fully saturated rings. The van der Waals surface area contributed by atoms with Gasteiger partial charge < -0.3 is 9.64 Å². The van der Waals surface area contributed by atoms with E-state index in [1.165, 1.54) is 28.3 Å². The van der Waals surface area contributed by atoms with Gasteiger partial charge in [0, 0.05) is 22.2 Å². The first-order valence-electron chi connectivity index (χ1n) is 8.44. The van der Waals surface area contributed by atoms with Crippen molar-refractivity contribution in [1.29, 1.82) is 0 Å². The molecule has 1 unspecified atom stereocenters. The normalized spacial score (nSPS) is 19.2. The first-order chi connectivity index (χ1) is 13.5. The Morgan fingerprint density at radius 3 is 2.68 bits per heavy atom. The molecule has 9 heteroatoms. The Kier molecular flexibility index (Phi) is 4.82. The van der Waals surface area contributed by atoms with E-state index in [2.05, 4.69) is 10.1 Å². The van der Waals surface area contributed by atoms with Gasteiger partial charge in [0.2, 0.25) is 0 Å². The van der Waals surface area contributed by atoms with Crippen LogP contribution in [0.3, 0.4) is 0 Å². The zero-order chi connectivity index (χ0) is 19.7. The molecule has 1 saturated heterocycles. The van der Waals surface area contributed by atoms with Gasteiger partial charge in [0.15, 0.2) is 0 Å². The van der Waals surface area contributed by atoms with Crippen LogP contribution >= 0.6 is 11.6 Å². The van der Waals surface area contributed by atoms with Gasteiger partial charge in [-0.3, -0.25) is 4.79 Å². The van der Waals surface area contributed by atoms with E-state index in [1.807, 2.05) is 0 Å². The summed E-state index contributed by atoms with van der Waals surface area (Å²) in [6.45, 7) is 0.129. The molecule has 0 aliphatic carbocycles. The SMILES string of the molecule is O=C(c1ccc(Cl)cc1)N1COC(Cn2cncn2)(c2ccc(F)cc2F)C1. The quantitative estimate of drug-likeness (QED) is 0.670. The molecule has 1 aliphatic heterocycles. The van der Waals surface area contributed by atoms with Crippen molar-refractivity contribution in [3.63, 3.8) is 0 Å². The van der Waals surface area contributed by atoms with Gasteiger partial charge in [-0.1, -0.05) is 17.7 Å². The third kappa shape index (κ3) is 3.48. The van der Waals surface area contributed by atoms with Crippen LogP contribution in [0.2, 0.25) is 5.02 Å². The molecule has 1 aromatic heterocycles. The average molecular weight is 405 g/mol. The molecule has 6 nitrogen and oxygen atoms in total. The molecule has 0 radical (unpaired) electrons. The number of rotatable bonds is 4. The molecule has 1 amide bonds. The van der Waals surface area contributed by atoms with Crippen molar-refractivity contribution in [2.45, 2.75) is 12.1 Å². The van der Waals surface area contributed by atoms with E-state index in [4.69, 9.17) is 16.3 Å². The lowest BCUT2D eigenvalue weighted by Crippen LogP contribution is -2.39. The summed E-state index contributed by atoms with van der Waals surface area (Å²) in [5.41, 5.74) is -0.645. The fourth-order valence-electron chi connectivity index (χ4n) is 3.29. The predicted molar refractivity (Wildman–Crippen MR) is 96.5 cm³/mol. The van der Waals surface area contributed by atoms with E-state index in [-0.39, 0.29) is 31.3 Å². The third-order valence-electron chi connectivity index (χ3n) is 4.63. The van der Waals surface area contributed by atoms with Crippen molar-refractivity contribution in [2.24, 2.45) is 0 Å². The summed E-state index contributed by atoms with van der Waals surface area (Å²) < 4.78 is 35.4. The highest BCUT2D eigenvalue weighted by Gasteiger charge is 2.45. The van der Waals surface area contributed by atoms with Gasteiger partial charge in [-0.25, -0.2) is 18.4 Å². The number of ether oxygens (including phenoxy) is 1. The lowest BCUT2D eigenvalue weighted by atomic mass is 9.92. The summed E-state index contributed by atoms with van der Waals surface area (Å²) in [5, 5.41) is 4.56. The van der Waals surface area contributed by atoms with Crippen molar-refractivity contribution in [2.75, 3.05) is 13.3 Å². The number of hydrogen-bond acceptors (Lipinski definition) is 4. The van der Waals surface area contributed by atoms with Crippen LogP contribution in [0.5, 0.6) is 0 Å². The molecule has 2 heterocycles. The predicted octanol–water partition coefficient (Wildman–Crippen LogP) is 3.24. The van der Waals surface area contributed by atoms with E-state index < -0.39 is 17.2 Å². The van der Waals surface area contributed by atoms with Gasteiger partial charge in [0.1, 0.15) is 36.6 Å². The molecule has 2 aromatic carbocycles. The zero-order valence-corrected chi connectivity index (χ0v) is 15.3. The fourth-order valence-corrected chi connectivity index (χ4v) is 3.41. The second-order valence-corrected chi connectivity index (χ2v) is 6.93. The largest absolute Gasteiger partial charge is 0.346 e. The molecular formula is C19H15ClF2N4O2. The second kappa shape index (κ2) is 7.29. The summed E-state index contributed by atoms with van der Waals surface area (Å²) in [4.78, 5) is 18.2. The van der Waals surface area contributed by atoms with Crippen LogP contribution in [0.25, 0.3) is 0 Å². The Hall–Kier alpha value is -2.84. The molecule has 28 heavy (non-hydrogen) atoms. The van der Waals surface area contributed by atoms with Gasteiger partial charge in [-0.05, 0) is 30.3 Å². The molecule has 144 valence electrons. The van der Waals surface area contributed by atoms with Crippen LogP contribution in [-0.4, -0.2) is 38.8 Å². The topological polar surface area (TPSA) is 60.2 Å². The molecule has 0 bridgehead atoms. The fraction of sp³-hybridized carbons (Fsp3) is 0.211. The standard InChI is InChI=1S/C19H15ClF2N4O2/c20-14-3-1-13(2-4-14)18(27)25-8-19(28-12-25,9-26-11-23-10-24-26)16-6-5-15(21)7-17(16)22/h1-7,10-11H,8-9,12H2. The smallest absolute Gasteiger partial charge is 0.255 e. The molecule has 1 aliphatic rings. The highest BCUT2D eigenvalue weighted by atomic mass is 35.5. The molecular weight excluding hydrogens is 390 g/mol. The Bertz CT molecular complexity index is 998. The van der Waals surface area contributed by atoms with Crippen LogP contribution in [0.4, 0.5) is 8.78 Å². The highest BCUT2D eigenvalue weighted by Crippen LogP contribution is 2.36. The van der Waals surface area contributed by atoms with Crippen molar-refractivity contribution in [3.05, 3.63) is 82.9 Å². The first kappa shape index (κ1) is 18.5. The summed E-state index contributed by atoms with van der Waals surface area (Å²) in [5.74, 6) is -1.72. The summed E-state index contributed by atoms with van der Waals surface area (Å²) in [6, 6.07) is 9.75. The van der Waals surface area contributed by atoms with Gasteiger partial charge in [0.05, 0.1) is 13.1 Å². The van der Waals surface area contributed by atoms with Crippen LogP contribution in [0, 0.1) is 11.6 Å². The molecule has 0 N–H and O–H groups in total. The minimum Gasteiger partial charge on any atom is -0.346 e. The minimum absolute atomic E-state index is 0.0486. The van der Waals surface area contributed by atoms with Gasteiger partial charge in [0.25, 0.3) is 5.91 Å². The molecule has 4 rings (SSSR count). The number of hydrogen-bond donors (Lipinski definition) is 0. The van der Waals surface area contributed by atoms with E-state index in [9.17, 15) is 13.6 Å². The molecule has 0 saturated carbocycles. The third-order valence-corrected chi connectivity index (χ3v) is 4.88. The minimum atomic E-state index is -1.23. The monoisotopic (exact) mass is 404 g/mol. The average Bonchev–Trinajstić information content (AvgIpc) is 3.33. The van der Waals surface area contributed by atoms with E-state index >= 15 is 0 Å². The first-order valence-corrected chi connectivity index (χ1v) is 8.81. The number of carbonyl (C=O) groups is 1. The van der Waals surface area contributed by atoms with E-state index in [1.54, 1.807) is 24.3 Å². The van der Waals surface area contributed by atoms with Gasteiger partial charge in [-0.15, -0.1) is 0 Å². The number of halogens is 3. The lowest BCUT2D eigenvalue weighted by Gasteiger charge is -2.28. The summed E-state index contributed by atoms with van der Waals surface area (Å²) >= 11 is 5.87. The van der Waals surface area contributed by atoms with Crippen molar-refractivity contribution < 1.29 is 18.3 Å². The van der Waals surface area contributed by atoms with Crippen LogP contribution in [0.15, 0.2) is 55.1 Å². The van der Waals surface area contributed by atoms with Crippen molar-refractivity contribution in [3.8, 4) is 0 Å².